The van der Waals surface area contributed by atoms with Gasteiger partial charge in [-0.3, -0.25) is 0 Å². The normalized spacial score (nSPS) is 28.1. The number of aromatic nitrogens is 1. The summed E-state index contributed by atoms with van der Waals surface area (Å²) in [6.07, 6.45) is 1.08. The summed E-state index contributed by atoms with van der Waals surface area (Å²) in [6.45, 7) is 0. The van der Waals surface area contributed by atoms with E-state index in [9.17, 15) is 13.9 Å². The van der Waals surface area contributed by atoms with Gasteiger partial charge in [-0.05, 0) is 31.4 Å². The smallest absolute Gasteiger partial charge is 0.287 e. The number of hydrazone groups is 1. The molecule has 1 fully saturated rings. The number of halogens is 2. The number of anilines is 1. The summed E-state index contributed by atoms with van der Waals surface area (Å²) in [5.74, 6) is -0.614. The molecule has 7 heteroatoms. The maximum absolute atomic E-state index is 13.8. The third-order valence-electron chi connectivity index (χ3n) is 4.69. The molecular formula is C16H17F2N3OS. The Balaban J connectivity index is 1.81. The van der Waals surface area contributed by atoms with E-state index in [1.807, 2.05) is 24.3 Å². The van der Waals surface area contributed by atoms with Gasteiger partial charge in [-0.25, -0.2) is 18.8 Å². The van der Waals surface area contributed by atoms with Crippen LogP contribution in [-0.2, 0) is 0 Å². The minimum absolute atomic E-state index is 0.328. The van der Waals surface area contributed by atoms with E-state index in [0.29, 0.717) is 23.7 Å². The maximum atomic E-state index is 13.8. The Labute approximate surface area is 136 Å². The SMILES string of the molecule is O[C@]1(C(F)F)[C@H]2CCCCCC2=NN1c1nc2ccccc2s1. The zero-order valence-electron chi connectivity index (χ0n) is 12.5. The van der Waals surface area contributed by atoms with E-state index in [4.69, 9.17) is 0 Å². The van der Waals surface area contributed by atoms with E-state index in [1.54, 1.807) is 0 Å². The second-order valence-corrected chi connectivity index (χ2v) is 7.11. The molecule has 0 amide bonds. The highest BCUT2D eigenvalue weighted by Gasteiger charge is 2.57. The van der Waals surface area contributed by atoms with Gasteiger partial charge in [0, 0.05) is 5.71 Å². The summed E-state index contributed by atoms with van der Waals surface area (Å²) in [7, 11) is 0. The molecule has 4 nitrogen and oxygen atoms in total. The Hall–Kier alpha value is -1.60. The lowest BCUT2D eigenvalue weighted by atomic mass is 9.88. The fourth-order valence-electron chi connectivity index (χ4n) is 3.50. The molecule has 1 N–H and O–H groups in total. The highest BCUT2D eigenvalue weighted by molar-refractivity contribution is 7.22. The number of benzene rings is 1. The van der Waals surface area contributed by atoms with Crippen LogP contribution < -0.4 is 5.01 Å². The van der Waals surface area contributed by atoms with Crippen LogP contribution in [-0.4, -0.2) is 28.0 Å². The summed E-state index contributed by atoms with van der Waals surface area (Å²) < 4.78 is 28.6. The number of hydrogen-bond acceptors (Lipinski definition) is 5. The first kappa shape index (κ1) is 15.0. The van der Waals surface area contributed by atoms with Crippen molar-refractivity contribution in [2.75, 3.05) is 5.01 Å². The molecule has 0 spiro atoms. The predicted octanol–water partition coefficient (Wildman–Crippen LogP) is 4.01. The van der Waals surface area contributed by atoms with Gasteiger partial charge < -0.3 is 5.11 Å². The number of aliphatic hydroxyl groups is 1. The monoisotopic (exact) mass is 337 g/mol. The second kappa shape index (κ2) is 5.49. The lowest BCUT2D eigenvalue weighted by molar-refractivity contribution is -0.113. The third-order valence-corrected chi connectivity index (χ3v) is 5.71. The fourth-order valence-corrected chi connectivity index (χ4v) is 4.48. The van der Waals surface area contributed by atoms with Gasteiger partial charge in [0.2, 0.25) is 10.9 Å². The Morgan fingerprint density at radius 3 is 2.87 bits per heavy atom. The van der Waals surface area contributed by atoms with Gasteiger partial charge in [-0.15, -0.1) is 0 Å². The van der Waals surface area contributed by atoms with Crippen LogP contribution in [0, 0.1) is 5.92 Å². The molecule has 2 heterocycles. The molecule has 0 bridgehead atoms. The summed E-state index contributed by atoms with van der Waals surface area (Å²) in [6, 6.07) is 7.45. The third kappa shape index (κ3) is 2.25. The van der Waals surface area contributed by atoms with E-state index in [1.165, 1.54) is 11.3 Å². The number of hydrogen-bond donors (Lipinski definition) is 1. The first-order valence-corrected chi connectivity index (χ1v) is 8.66. The van der Waals surface area contributed by atoms with Gasteiger partial charge in [-0.1, -0.05) is 36.3 Å². The highest BCUT2D eigenvalue weighted by atomic mass is 32.1. The van der Waals surface area contributed by atoms with Crippen LogP contribution in [0.2, 0.25) is 0 Å². The molecule has 2 atom stereocenters. The van der Waals surface area contributed by atoms with Gasteiger partial charge >= 0.3 is 0 Å². The van der Waals surface area contributed by atoms with Crippen molar-refractivity contribution in [1.82, 2.24) is 4.98 Å². The van der Waals surface area contributed by atoms with Gasteiger partial charge in [0.25, 0.3) is 6.43 Å². The standard InChI is InChI=1S/C16H17F2N3OS/c17-14(18)16(22)10-6-2-1-3-7-11(10)20-21(16)15-19-12-8-4-5-9-13(12)23-15/h4-5,8-10,14,22H,1-3,6-7H2/t10-,16-/m0/s1. The average molecular weight is 337 g/mol. The summed E-state index contributed by atoms with van der Waals surface area (Å²) in [5, 5.41) is 16.6. The largest absolute Gasteiger partial charge is 0.364 e. The van der Waals surface area contributed by atoms with E-state index < -0.39 is 18.1 Å². The lowest BCUT2D eigenvalue weighted by Crippen LogP contribution is -2.54. The molecule has 1 aliphatic carbocycles. The average Bonchev–Trinajstić information content (AvgIpc) is 2.98. The Morgan fingerprint density at radius 1 is 1.26 bits per heavy atom. The molecular weight excluding hydrogens is 320 g/mol. The number of nitrogens with zero attached hydrogens (tertiary/aromatic N) is 3. The maximum Gasteiger partial charge on any atom is 0.287 e. The first-order chi connectivity index (χ1) is 11.1. The van der Waals surface area contributed by atoms with E-state index >= 15 is 0 Å². The molecule has 0 radical (unpaired) electrons. The van der Waals surface area contributed by atoms with Crippen molar-refractivity contribution in [1.29, 1.82) is 0 Å². The minimum Gasteiger partial charge on any atom is -0.364 e. The minimum atomic E-state index is -2.90. The van der Waals surface area contributed by atoms with Gasteiger partial charge in [-0.2, -0.15) is 5.10 Å². The summed E-state index contributed by atoms with van der Waals surface area (Å²) >= 11 is 1.28. The van der Waals surface area contributed by atoms with Crippen molar-refractivity contribution in [3.8, 4) is 0 Å². The zero-order chi connectivity index (χ0) is 16.0. The van der Waals surface area contributed by atoms with Crippen LogP contribution in [0.3, 0.4) is 0 Å². The molecule has 1 saturated carbocycles. The summed E-state index contributed by atoms with van der Waals surface area (Å²) in [5.41, 5.74) is -0.867. The first-order valence-electron chi connectivity index (χ1n) is 7.84. The van der Waals surface area contributed by atoms with Crippen LogP contribution in [0.15, 0.2) is 29.4 Å². The quantitative estimate of drug-likeness (QED) is 0.901. The van der Waals surface area contributed by atoms with Gasteiger partial charge in [0.05, 0.1) is 16.1 Å². The molecule has 0 saturated heterocycles. The molecule has 0 unspecified atom stereocenters. The van der Waals surface area contributed by atoms with Crippen molar-refractivity contribution in [3.63, 3.8) is 0 Å². The van der Waals surface area contributed by atoms with Crippen molar-refractivity contribution in [2.24, 2.45) is 11.0 Å². The molecule has 2 aromatic rings. The second-order valence-electron chi connectivity index (χ2n) is 6.10. The molecule has 1 aromatic heterocycles. The summed E-state index contributed by atoms with van der Waals surface area (Å²) in [4.78, 5) is 4.40. The van der Waals surface area contributed by atoms with Crippen molar-refractivity contribution < 1.29 is 13.9 Å². The highest BCUT2D eigenvalue weighted by Crippen LogP contribution is 2.45. The molecule has 23 heavy (non-hydrogen) atoms. The zero-order valence-corrected chi connectivity index (χ0v) is 13.3. The fraction of sp³-hybridized carbons (Fsp3) is 0.500. The van der Waals surface area contributed by atoms with Gasteiger partial charge in [0.15, 0.2) is 0 Å². The van der Waals surface area contributed by atoms with Crippen LogP contribution in [0.4, 0.5) is 13.9 Å². The van der Waals surface area contributed by atoms with E-state index in [-0.39, 0.29) is 0 Å². The number of thiazole rings is 1. The topological polar surface area (TPSA) is 48.7 Å². The molecule has 1 aromatic carbocycles. The molecule has 122 valence electrons. The van der Waals surface area contributed by atoms with Crippen molar-refractivity contribution in [3.05, 3.63) is 24.3 Å². The van der Waals surface area contributed by atoms with Crippen LogP contribution >= 0.6 is 11.3 Å². The number of alkyl halides is 2. The predicted molar refractivity (Wildman–Crippen MR) is 87.1 cm³/mol. The Kier molecular flexibility index (Phi) is 3.57. The van der Waals surface area contributed by atoms with Crippen LogP contribution in [0.25, 0.3) is 10.2 Å². The number of fused-ring (bicyclic) bond motifs is 2. The Morgan fingerprint density at radius 2 is 2.09 bits per heavy atom. The lowest BCUT2D eigenvalue weighted by Gasteiger charge is -2.34. The van der Waals surface area contributed by atoms with E-state index in [0.717, 1.165) is 34.5 Å². The number of para-hydroxylation sites is 1. The Bertz CT molecular complexity index is 730. The van der Waals surface area contributed by atoms with Crippen molar-refractivity contribution in [2.45, 2.75) is 44.3 Å². The van der Waals surface area contributed by atoms with Crippen LogP contribution in [0.1, 0.15) is 32.1 Å². The molecule has 4 rings (SSSR count). The molecule has 2 aliphatic rings. The van der Waals surface area contributed by atoms with E-state index in [2.05, 4.69) is 10.1 Å². The van der Waals surface area contributed by atoms with Crippen LogP contribution in [0.5, 0.6) is 0 Å². The number of rotatable bonds is 2. The van der Waals surface area contributed by atoms with Gasteiger partial charge in [0.1, 0.15) is 0 Å². The molecule has 1 aliphatic heterocycles. The van der Waals surface area contributed by atoms with Crippen molar-refractivity contribution >= 4 is 32.4 Å².